The van der Waals surface area contributed by atoms with Gasteiger partial charge in [0, 0.05) is 12.3 Å². The van der Waals surface area contributed by atoms with Gasteiger partial charge >= 0.3 is 0 Å². The highest BCUT2D eigenvalue weighted by Gasteiger charge is 2.22. The van der Waals surface area contributed by atoms with E-state index in [-0.39, 0.29) is 0 Å². The van der Waals surface area contributed by atoms with Gasteiger partial charge in [-0.2, -0.15) is 0 Å². The monoisotopic (exact) mass is 368 g/mol. The lowest BCUT2D eigenvalue weighted by atomic mass is 9.96. The van der Waals surface area contributed by atoms with Gasteiger partial charge in [0.05, 0.1) is 11.5 Å². The summed E-state index contributed by atoms with van der Waals surface area (Å²) < 4.78 is 12.0. The predicted octanol–water partition coefficient (Wildman–Crippen LogP) is 7.23. The minimum Gasteiger partial charge on any atom is -0.547 e. The molecular weight excluding hydrogens is 328 g/mol. The van der Waals surface area contributed by atoms with Crippen LogP contribution in [0.4, 0.5) is 0 Å². The van der Waals surface area contributed by atoms with Gasteiger partial charge in [0.15, 0.2) is 0 Å². The van der Waals surface area contributed by atoms with Crippen molar-refractivity contribution in [1.29, 1.82) is 0 Å². The Kier molecular flexibility index (Phi) is 8.33. The molecule has 2 aliphatic rings. The third-order valence-corrected chi connectivity index (χ3v) is 5.91. The van der Waals surface area contributed by atoms with E-state index < -0.39 is 16.6 Å². The summed E-state index contributed by atoms with van der Waals surface area (Å²) >= 11 is 0. The van der Waals surface area contributed by atoms with Gasteiger partial charge in [-0.3, -0.25) is 0 Å². The lowest BCUT2D eigenvalue weighted by Gasteiger charge is -2.28. The Morgan fingerprint density at radius 2 is 1.46 bits per heavy atom. The Morgan fingerprint density at radius 1 is 0.875 bits per heavy atom. The van der Waals surface area contributed by atoms with E-state index in [4.69, 9.17) is 8.85 Å². The van der Waals surface area contributed by atoms with E-state index in [9.17, 15) is 0 Å². The standard InChI is InChI=1S/2C10H20OSi/c2*1-9-7-5-6-8-10(9)11-12(2,3)4/h5-8H2,1-4H3;8-9H,5-7H2,1-4H3. The van der Waals surface area contributed by atoms with Crippen LogP contribution in [-0.4, -0.2) is 16.6 Å². The maximum Gasteiger partial charge on any atom is 0.241 e. The van der Waals surface area contributed by atoms with Crippen LogP contribution in [-0.2, 0) is 8.85 Å². The molecule has 4 heteroatoms. The molecule has 0 bridgehead atoms. The molecule has 24 heavy (non-hydrogen) atoms. The second-order valence-electron chi connectivity index (χ2n) is 9.28. The molecule has 0 radical (unpaired) electrons. The van der Waals surface area contributed by atoms with Crippen molar-refractivity contribution in [2.45, 2.75) is 98.1 Å². The molecule has 0 aromatic heterocycles. The first-order valence-electron chi connectivity index (χ1n) is 9.74. The van der Waals surface area contributed by atoms with Crippen molar-refractivity contribution >= 4 is 16.6 Å². The minimum absolute atomic E-state index is 0.658. The predicted molar refractivity (Wildman–Crippen MR) is 111 cm³/mol. The van der Waals surface area contributed by atoms with Gasteiger partial charge in [-0.1, -0.05) is 6.92 Å². The average molecular weight is 369 g/mol. The van der Waals surface area contributed by atoms with Gasteiger partial charge < -0.3 is 8.85 Å². The first-order chi connectivity index (χ1) is 11.0. The fourth-order valence-corrected chi connectivity index (χ4v) is 5.05. The van der Waals surface area contributed by atoms with Crippen LogP contribution in [0.15, 0.2) is 23.2 Å². The molecule has 0 saturated heterocycles. The van der Waals surface area contributed by atoms with E-state index in [1.165, 1.54) is 62.0 Å². The summed E-state index contributed by atoms with van der Waals surface area (Å²) in [6, 6.07) is 0. The zero-order chi connectivity index (χ0) is 18.4. The van der Waals surface area contributed by atoms with Crippen LogP contribution in [0.2, 0.25) is 39.3 Å². The molecule has 1 unspecified atom stereocenters. The zero-order valence-corrected chi connectivity index (χ0v) is 19.4. The summed E-state index contributed by atoms with van der Waals surface area (Å²) in [7, 11) is -2.70. The van der Waals surface area contributed by atoms with Gasteiger partial charge in [0.25, 0.3) is 0 Å². The second kappa shape index (κ2) is 9.28. The van der Waals surface area contributed by atoms with Gasteiger partial charge in [0.1, 0.15) is 0 Å². The van der Waals surface area contributed by atoms with Crippen LogP contribution in [0, 0.1) is 5.92 Å². The maximum atomic E-state index is 6.01. The molecule has 140 valence electrons. The molecule has 0 aromatic carbocycles. The Balaban J connectivity index is 0.000000240. The van der Waals surface area contributed by atoms with E-state index in [1.54, 1.807) is 0 Å². The molecule has 0 aliphatic heterocycles. The summed E-state index contributed by atoms with van der Waals surface area (Å²) in [5.74, 6) is 3.23. The van der Waals surface area contributed by atoms with Crippen molar-refractivity contribution in [2.24, 2.45) is 5.92 Å². The van der Waals surface area contributed by atoms with Crippen LogP contribution in [0.5, 0.6) is 0 Å². The molecule has 0 saturated carbocycles. The highest BCUT2D eigenvalue weighted by molar-refractivity contribution is 6.70. The maximum absolute atomic E-state index is 6.01. The van der Waals surface area contributed by atoms with Crippen molar-refractivity contribution in [3.05, 3.63) is 23.2 Å². The molecule has 0 heterocycles. The quantitative estimate of drug-likeness (QED) is 0.487. The highest BCUT2D eigenvalue weighted by atomic mass is 28.4. The Morgan fingerprint density at radius 3 is 1.96 bits per heavy atom. The zero-order valence-electron chi connectivity index (χ0n) is 17.4. The van der Waals surface area contributed by atoms with E-state index in [1.807, 2.05) is 0 Å². The van der Waals surface area contributed by atoms with Crippen molar-refractivity contribution in [3.63, 3.8) is 0 Å². The molecule has 0 N–H and O–H groups in total. The summed E-state index contributed by atoms with van der Waals surface area (Å²) in [6.45, 7) is 18.0. The molecular formula is C20H40O2Si2. The summed E-state index contributed by atoms with van der Waals surface area (Å²) in [5.41, 5.74) is 1.49. The van der Waals surface area contributed by atoms with Gasteiger partial charge in [-0.15, -0.1) is 0 Å². The average Bonchev–Trinajstić information content (AvgIpc) is 2.42. The first-order valence-corrected chi connectivity index (χ1v) is 16.6. The second-order valence-corrected chi connectivity index (χ2v) is 18.1. The lowest BCUT2D eigenvalue weighted by molar-refractivity contribution is 0.324. The van der Waals surface area contributed by atoms with Gasteiger partial charge in [-0.05, 0) is 96.4 Å². The van der Waals surface area contributed by atoms with Crippen molar-refractivity contribution in [3.8, 4) is 0 Å². The summed E-state index contributed by atoms with van der Waals surface area (Å²) in [6.07, 6.45) is 11.2. The Hall–Kier alpha value is -0.486. The van der Waals surface area contributed by atoms with Crippen LogP contribution >= 0.6 is 0 Å². The van der Waals surface area contributed by atoms with Crippen LogP contribution in [0.3, 0.4) is 0 Å². The molecule has 0 amide bonds. The largest absolute Gasteiger partial charge is 0.547 e. The molecule has 0 fully saturated rings. The van der Waals surface area contributed by atoms with Crippen molar-refractivity contribution < 1.29 is 8.85 Å². The Labute approximate surface area is 153 Å². The molecule has 0 aromatic rings. The van der Waals surface area contributed by atoms with E-state index in [2.05, 4.69) is 59.2 Å². The Bertz CT molecular complexity index is 453. The van der Waals surface area contributed by atoms with Crippen molar-refractivity contribution in [1.82, 2.24) is 0 Å². The smallest absolute Gasteiger partial charge is 0.241 e. The molecule has 0 spiro atoms. The number of rotatable bonds is 4. The first kappa shape index (κ1) is 21.6. The topological polar surface area (TPSA) is 18.5 Å². The normalized spacial score (nSPS) is 22.3. The third kappa shape index (κ3) is 9.12. The fourth-order valence-electron chi connectivity index (χ4n) is 3.04. The fraction of sp³-hybridized carbons (Fsp3) is 0.800. The third-order valence-electron chi connectivity index (χ3n) is 4.21. The molecule has 2 rings (SSSR count). The van der Waals surface area contributed by atoms with Crippen LogP contribution in [0.1, 0.15) is 58.8 Å². The summed E-state index contributed by atoms with van der Waals surface area (Å²) in [5, 5.41) is 0. The van der Waals surface area contributed by atoms with E-state index >= 15 is 0 Å². The van der Waals surface area contributed by atoms with Crippen molar-refractivity contribution in [2.75, 3.05) is 0 Å². The molecule has 2 nitrogen and oxygen atoms in total. The van der Waals surface area contributed by atoms with Gasteiger partial charge in [-0.25, -0.2) is 0 Å². The molecule has 2 aliphatic carbocycles. The van der Waals surface area contributed by atoms with Crippen LogP contribution < -0.4 is 0 Å². The van der Waals surface area contributed by atoms with Gasteiger partial charge in [0.2, 0.25) is 16.6 Å². The highest BCUT2D eigenvalue weighted by Crippen LogP contribution is 2.28. The number of hydrogen-bond acceptors (Lipinski definition) is 2. The lowest BCUT2D eigenvalue weighted by Crippen LogP contribution is -2.27. The number of hydrogen-bond donors (Lipinski definition) is 0. The summed E-state index contributed by atoms with van der Waals surface area (Å²) in [4.78, 5) is 0. The number of allylic oxidation sites excluding steroid dienone is 4. The minimum atomic E-state index is -1.35. The SMILES string of the molecule is CC1=C(O[Si](C)(C)C)CCCC1.CC1CCCC=C1O[Si](C)(C)C. The van der Waals surface area contributed by atoms with E-state index in [0.29, 0.717) is 5.92 Å². The molecule has 1 atom stereocenters. The van der Waals surface area contributed by atoms with E-state index in [0.717, 1.165) is 0 Å². The van der Waals surface area contributed by atoms with Crippen LogP contribution in [0.25, 0.3) is 0 Å².